The van der Waals surface area contributed by atoms with E-state index in [9.17, 15) is 16.8 Å². The summed E-state index contributed by atoms with van der Waals surface area (Å²) in [6.45, 7) is 0.405. The zero-order chi connectivity index (χ0) is 14.8. The number of pyridine rings is 1. The summed E-state index contributed by atoms with van der Waals surface area (Å²) in [5.41, 5.74) is 6.16. The van der Waals surface area contributed by atoms with Crippen molar-refractivity contribution in [1.29, 1.82) is 0 Å². The maximum atomic E-state index is 12.0. The summed E-state index contributed by atoms with van der Waals surface area (Å²) in [5.74, 6) is -0.00385. The van der Waals surface area contributed by atoms with Gasteiger partial charge in [0.15, 0.2) is 14.9 Å². The Balaban J connectivity index is 2.00. The lowest BCUT2D eigenvalue weighted by Gasteiger charge is -2.10. The molecule has 0 aromatic carbocycles. The highest BCUT2D eigenvalue weighted by Crippen LogP contribution is 2.18. The Bertz CT molecular complexity index is 668. The highest BCUT2D eigenvalue weighted by molar-refractivity contribution is 7.91. The van der Waals surface area contributed by atoms with Crippen molar-refractivity contribution < 1.29 is 16.8 Å². The molecule has 0 spiro atoms. The molecule has 0 bridgehead atoms. The van der Waals surface area contributed by atoms with Crippen molar-refractivity contribution in [3.8, 4) is 0 Å². The van der Waals surface area contributed by atoms with E-state index < -0.39 is 19.9 Å². The second-order valence-corrected chi connectivity index (χ2v) is 8.77. The zero-order valence-electron chi connectivity index (χ0n) is 10.8. The van der Waals surface area contributed by atoms with Gasteiger partial charge < -0.3 is 5.73 Å². The summed E-state index contributed by atoms with van der Waals surface area (Å²) in [4.78, 5) is 3.85. The molecular formula is C11H17N3O4S2. The molecule has 0 aliphatic carbocycles. The van der Waals surface area contributed by atoms with Crippen LogP contribution in [0.25, 0.3) is 0 Å². The number of rotatable bonds is 5. The third-order valence-electron chi connectivity index (χ3n) is 3.20. The molecule has 1 atom stereocenters. The van der Waals surface area contributed by atoms with E-state index in [0.29, 0.717) is 13.0 Å². The first-order valence-corrected chi connectivity index (χ1v) is 9.48. The van der Waals surface area contributed by atoms with Crippen molar-refractivity contribution in [1.82, 2.24) is 9.71 Å². The van der Waals surface area contributed by atoms with E-state index in [-0.39, 0.29) is 29.0 Å². The molecular weight excluding hydrogens is 302 g/mol. The number of sulfonamides is 1. The Morgan fingerprint density at radius 2 is 2.15 bits per heavy atom. The first kappa shape index (κ1) is 15.4. The van der Waals surface area contributed by atoms with Crippen LogP contribution >= 0.6 is 0 Å². The summed E-state index contributed by atoms with van der Waals surface area (Å²) in [6, 6.07) is 2.98. The Morgan fingerprint density at radius 1 is 1.40 bits per heavy atom. The smallest absolute Gasteiger partial charge is 0.258 e. The van der Waals surface area contributed by atoms with Crippen molar-refractivity contribution in [3.05, 3.63) is 23.9 Å². The lowest BCUT2D eigenvalue weighted by Crippen LogP contribution is -2.30. The Morgan fingerprint density at radius 3 is 2.65 bits per heavy atom. The second kappa shape index (κ2) is 5.76. The number of sulfone groups is 1. The van der Waals surface area contributed by atoms with Gasteiger partial charge in [-0.3, -0.25) is 0 Å². The van der Waals surface area contributed by atoms with Gasteiger partial charge in [-0.05, 0) is 24.0 Å². The van der Waals surface area contributed by atoms with Gasteiger partial charge in [0, 0.05) is 19.3 Å². The van der Waals surface area contributed by atoms with Crippen LogP contribution in [0, 0.1) is 5.92 Å². The SMILES string of the molecule is NCc1ccc(S(=O)(=O)NCC2CCS(=O)(=O)C2)nc1. The monoisotopic (exact) mass is 319 g/mol. The molecule has 9 heteroatoms. The Kier molecular flexibility index (Phi) is 4.43. The van der Waals surface area contributed by atoms with Crippen molar-refractivity contribution in [3.63, 3.8) is 0 Å². The lowest BCUT2D eigenvalue weighted by molar-refractivity contribution is 0.541. The van der Waals surface area contributed by atoms with Crippen molar-refractivity contribution in [2.24, 2.45) is 11.7 Å². The molecule has 1 aliphatic heterocycles. The largest absolute Gasteiger partial charge is 0.326 e. The van der Waals surface area contributed by atoms with Crippen molar-refractivity contribution >= 4 is 19.9 Å². The fraction of sp³-hybridized carbons (Fsp3) is 0.545. The van der Waals surface area contributed by atoms with E-state index in [1.54, 1.807) is 6.07 Å². The van der Waals surface area contributed by atoms with Gasteiger partial charge in [-0.1, -0.05) is 6.07 Å². The standard InChI is InChI=1S/C11H17N3O4S2/c12-5-9-1-2-11(13-6-9)20(17,18)14-7-10-3-4-19(15,16)8-10/h1-2,6,10,14H,3-5,7-8,12H2. The molecule has 1 saturated heterocycles. The minimum atomic E-state index is -3.71. The number of nitrogens with two attached hydrogens (primary N) is 1. The highest BCUT2D eigenvalue weighted by Gasteiger charge is 2.29. The third kappa shape index (κ3) is 3.75. The van der Waals surface area contributed by atoms with Gasteiger partial charge in [-0.15, -0.1) is 0 Å². The van der Waals surface area contributed by atoms with Crippen LogP contribution in [0.3, 0.4) is 0 Å². The molecule has 0 amide bonds. The van der Waals surface area contributed by atoms with E-state index in [1.807, 2.05) is 0 Å². The number of nitrogens with one attached hydrogen (secondary N) is 1. The van der Waals surface area contributed by atoms with Crippen LogP contribution in [0.2, 0.25) is 0 Å². The number of hydrogen-bond donors (Lipinski definition) is 2. The van der Waals surface area contributed by atoms with E-state index in [2.05, 4.69) is 9.71 Å². The van der Waals surface area contributed by atoms with E-state index in [4.69, 9.17) is 5.73 Å². The first-order valence-electron chi connectivity index (χ1n) is 6.17. The fourth-order valence-electron chi connectivity index (χ4n) is 2.03. The second-order valence-electron chi connectivity index (χ2n) is 4.83. The van der Waals surface area contributed by atoms with Crippen LogP contribution in [-0.2, 0) is 26.4 Å². The van der Waals surface area contributed by atoms with Crippen LogP contribution in [0.4, 0.5) is 0 Å². The van der Waals surface area contributed by atoms with Gasteiger partial charge >= 0.3 is 0 Å². The maximum Gasteiger partial charge on any atom is 0.258 e. The maximum absolute atomic E-state index is 12.0. The molecule has 0 radical (unpaired) electrons. The topological polar surface area (TPSA) is 119 Å². The predicted octanol–water partition coefficient (Wildman–Crippen LogP) is -0.747. The summed E-state index contributed by atoms with van der Waals surface area (Å²) >= 11 is 0. The average molecular weight is 319 g/mol. The van der Waals surface area contributed by atoms with Crippen LogP contribution in [0.5, 0.6) is 0 Å². The molecule has 112 valence electrons. The first-order chi connectivity index (χ1) is 9.32. The summed E-state index contributed by atoms with van der Waals surface area (Å²) in [6.07, 6.45) is 1.90. The normalized spacial score (nSPS) is 21.9. The molecule has 2 heterocycles. The molecule has 1 aliphatic rings. The van der Waals surface area contributed by atoms with Crippen molar-refractivity contribution in [2.75, 3.05) is 18.1 Å². The molecule has 2 rings (SSSR count). The lowest BCUT2D eigenvalue weighted by atomic mass is 10.1. The molecule has 7 nitrogen and oxygen atoms in total. The third-order valence-corrected chi connectivity index (χ3v) is 6.37. The van der Waals surface area contributed by atoms with Crippen LogP contribution in [0.15, 0.2) is 23.4 Å². The molecule has 1 aromatic rings. The molecule has 20 heavy (non-hydrogen) atoms. The quantitative estimate of drug-likeness (QED) is 0.737. The molecule has 3 N–H and O–H groups in total. The van der Waals surface area contributed by atoms with E-state index >= 15 is 0 Å². The Hall–Kier alpha value is -1.03. The molecule has 1 fully saturated rings. The van der Waals surface area contributed by atoms with E-state index in [0.717, 1.165) is 5.56 Å². The van der Waals surface area contributed by atoms with Crippen LogP contribution in [-0.4, -0.2) is 39.9 Å². The van der Waals surface area contributed by atoms with Gasteiger partial charge in [0.05, 0.1) is 11.5 Å². The zero-order valence-corrected chi connectivity index (χ0v) is 12.5. The van der Waals surface area contributed by atoms with Gasteiger partial charge in [0.25, 0.3) is 10.0 Å². The van der Waals surface area contributed by atoms with E-state index in [1.165, 1.54) is 12.3 Å². The molecule has 0 saturated carbocycles. The number of nitrogens with zero attached hydrogens (tertiary/aromatic N) is 1. The minimum Gasteiger partial charge on any atom is -0.326 e. The van der Waals surface area contributed by atoms with Crippen molar-refractivity contribution in [2.45, 2.75) is 18.0 Å². The number of hydrogen-bond acceptors (Lipinski definition) is 6. The highest BCUT2D eigenvalue weighted by atomic mass is 32.2. The van der Waals surface area contributed by atoms with Crippen LogP contribution in [0.1, 0.15) is 12.0 Å². The summed E-state index contributed by atoms with van der Waals surface area (Å²) < 4.78 is 49.0. The fourth-order valence-corrected chi connectivity index (χ4v) is 4.93. The summed E-state index contributed by atoms with van der Waals surface area (Å²) in [7, 11) is -6.71. The minimum absolute atomic E-state index is 0.0368. The molecule has 1 unspecified atom stereocenters. The van der Waals surface area contributed by atoms with Gasteiger partial charge in [0.1, 0.15) is 0 Å². The predicted molar refractivity (Wildman–Crippen MR) is 74.1 cm³/mol. The van der Waals surface area contributed by atoms with Gasteiger partial charge in [-0.25, -0.2) is 26.5 Å². The summed E-state index contributed by atoms with van der Waals surface area (Å²) in [5, 5.41) is -0.0874. The van der Waals surface area contributed by atoms with Gasteiger partial charge in [-0.2, -0.15) is 0 Å². The molecule has 1 aromatic heterocycles. The van der Waals surface area contributed by atoms with Gasteiger partial charge in [0.2, 0.25) is 0 Å². The number of aromatic nitrogens is 1. The Labute approximate surface area is 118 Å². The van der Waals surface area contributed by atoms with Crippen LogP contribution < -0.4 is 10.5 Å². The average Bonchev–Trinajstić information content (AvgIpc) is 2.76.